The molecule has 0 spiro atoms. The van der Waals surface area contributed by atoms with Gasteiger partial charge in [-0.05, 0) is 30.3 Å². The quantitative estimate of drug-likeness (QED) is 0.912. The summed E-state index contributed by atoms with van der Waals surface area (Å²) in [6, 6.07) is 11.4. The molecule has 0 bridgehead atoms. The fourth-order valence-electron chi connectivity index (χ4n) is 1.46. The number of hydrogen-bond acceptors (Lipinski definition) is 3. The first-order valence-electron chi connectivity index (χ1n) is 5.40. The number of pyridine rings is 1. The topological polar surface area (TPSA) is 54.0 Å². The third kappa shape index (κ3) is 3.56. The summed E-state index contributed by atoms with van der Waals surface area (Å²) in [4.78, 5) is 15.1. The Hall–Kier alpha value is -1.88. The monoisotopic (exact) mass is 305 g/mol. The molecule has 0 saturated carbocycles. The molecule has 1 aromatic carbocycles. The third-order valence-corrected chi connectivity index (χ3v) is 2.67. The first-order chi connectivity index (χ1) is 8.63. The van der Waals surface area contributed by atoms with Crippen molar-refractivity contribution in [2.75, 3.05) is 10.6 Å². The summed E-state index contributed by atoms with van der Waals surface area (Å²) in [5.41, 5.74) is 1.63. The number of carbonyl (C=O) groups excluding carboxylic acids is 1. The maximum atomic E-state index is 10.9. The van der Waals surface area contributed by atoms with Crippen LogP contribution < -0.4 is 10.6 Å². The van der Waals surface area contributed by atoms with Gasteiger partial charge in [0, 0.05) is 17.1 Å². The van der Waals surface area contributed by atoms with Crippen molar-refractivity contribution in [3.8, 4) is 0 Å². The van der Waals surface area contributed by atoms with E-state index in [0.717, 1.165) is 16.0 Å². The van der Waals surface area contributed by atoms with E-state index in [2.05, 4.69) is 31.5 Å². The largest absolute Gasteiger partial charge is 0.340 e. The van der Waals surface area contributed by atoms with E-state index in [0.29, 0.717) is 5.69 Å². The second-order valence-corrected chi connectivity index (χ2v) is 4.66. The minimum atomic E-state index is -0.107. The lowest BCUT2D eigenvalue weighted by Gasteiger charge is -2.07. The fraction of sp³-hybridized carbons (Fsp3) is 0.0769. The Morgan fingerprint density at radius 1 is 1.22 bits per heavy atom. The highest BCUT2D eigenvalue weighted by molar-refractivity contribution is 9.10. The van der Waals surface area contributed by atoms with Crippen LogP contribution in [0, 0.1) is 0 Å². The molecule has 0 aliphatic heterocycles. The highest BCUT2D eigenvalue weighted by Gasteiger charge is 1.99. The lowest BCUT2D eigenvalue weighted by molar-refractivity contribution is -0.114. The van der Waals surface area contributed by atoms with Crippen molar-refractivity contribution in [3.63, 3.8) is 0 Å². The van der Waals surface area contributed by atoms with E-state index >= 15 is 0 Å². The lowest BCUT2D eigenvalue weighted by atomic mass is 10.3. The van der Waals surface area contributed by atoms with Crippen LogP contribution in [0.25, 0.3) is 0 Å². The zero-order valence-corrected chi connectivity index (χ0v) is 11.4. The van der Waals surface area contributed by atoms with Gasteiger partial charge in [0.05, 0.1) is 11.9 Å². The van der Waals surface area contributed by atoms with E-state index in [1.807, 2.05) is 30.3 Å². The first kappa shape index (κ1) is 12.6. The van der Waals surface area contributed by atoms with Crippen molar-refractivity contribution in [2.45, 2.75) is 6.92 Å². The summed E-state index contributed by atoms with van der Waals surface area (Å²) in [7, 11) is 0. The number of aromatic nitrogens is 1. The molecule has 1 amide bonds. The van der Waals surface area contributed by atoms with E-state index in [4.69, 9.17) is 0 Å². The van der Waals surface area contributed by atoms with Crippen LogP contribution in [0.5, 0.6) is 0 Å². The maximum absolute atomic E-state index is 10.9. The van der Waals surface area contributed by atoms with Crippen LogP contribution in [0.15, 0.2) is 47.1 Å². The summed E-state index contributed by atoms with van der Waals surface area (Å²) in [6.07, 6.45) is 1.61. The predicted molar refractivity (Wildman–Crippen MR) is 76.0 cm³/mol. The number of nitrogens with one attached hydrogen (secondary N) is 2. The van der Waals surface area contributed by atoms with Crippen LogP contribution in [0.2, 0.25) is 0 Å². The zero-order chi connectivity index (χ0) is 13.0. The Morgan fingerprint density at radius 2 is 2.06 bits per heavy atom. The normalized spacial score (nSPS) is 9.89. The second kappa shape index (κ2) is 5.64. The number of carbonyl (C=O) groups is 1. The number of halogens is 1. The van der Waals surface area contributed by atoms with Crippen LogP contribution in [0.1, 0.15) is 6.92 Å². The SMILES string of the molecule is CC(=O)Nc1ccc(Nc2cccc(Br)c2)nc1. The van der Waals surface area contributed by atoms with Crippen LogP contribution in [0.3, 0.4) is 0 Å². The van der Waals surface area contributed by atoms with Gasteiger partial charge >= 0.3 is 0 Å². The molecule has 1 aromatic heterocycles. The highest BCUT2D eigenvalue weighted by Crippen LogP contribution is 2.19. The van der Waals surface area contributed by atoms with Crippen LogP contribution in [-0.2, 0) is 4.79 Å². The molecule has 1 heterocycles. The van der Waals surface area contributed by atoms with E-state index in [1.54, 1.807) is 12.3 Å². The third-order valence-electron chi connectivity index (χ3n) is 2.18. The second-order valence-electron chi connectivity index (χ2n) is 3.75. The summed E-state index contributed by atoms with van der Waals surface area (Å²) in [5.74, 6) is 0.617. The fourth-order valence-corrected chi connectivity index (χ4v) is 1.86. The van der Waals surface area contributed by atoms with E-state index < -0.39 is 0 Å². The van der Waals surface area contributed by atoms with E-state index in [-0.39, 0.29) is 5.91 Å². The van der Waals surface area contributed by atoms with E-state index in [1.165, 1.54) is 6.92 Å². The first-order valence-corrected chi connectivity index (χ1v) is 6.19. The average Bonchev–Trinajstić information content (AvgIpc) is 2.31. The van der Waals surface area contributed by atoms with Crippen molar-refractivity contribution < 1.29 is 4.79 Å². The molecule has 4 nitrogen and oxygen atoms in total. The maximum Gasteiger partial charge on any atom is 0.221 e. The van der Waals surface area contributed by atoms with Gasteiger partial charge in [-0.25, -0.2) is 4.98 Å². The van der Waals surface area contributed by atoms with Gasteiger partial charge < -0.3 is 10.6 Å². The number of amides is 1. The van der Waals surface area contributed by atoms with Crippen molar-refractivity contribution in [1.29, 1.82) is 0 Å². The Bertz CT molecular complexity index is 554. The molecular weight excluding hydrogens is 294 g/mol. The minimum absolute atomic E-state index is 0.107. The van der Waals surface area contributed by atoms with Crippen LogP contribution >= 0.6 is 15.9 Å². The van der Waals surface area contributed by atoms with Gasteiger partial charge in [0.1, 0.15) is 5.82 Å². The Kier molecular flexibility index (Phi) is 3.94. The van der Waals surface area contributed by atoms with Gasteiger partial charge in [0.25, 0.3) is 0 Å². The summed E-state index contributed by atoms with van der Waals surface area (Å²) >= 11 is 3.41. The molecule has 2 rings (SSSR count). The summed E-state index contributed by atoms with van der Waals surface area (Å²) in [5, 5.41) is 5.84. The number of nitrogens with zero attached hydrogens (tertiary/aromatic N) is 1. The summed E-state index contributed by atoms with van der Waals surface area (Å²) < 4.78 is 1.00. The Morgan fingerprint density at radius 3 is 2.67 bits per heavy atom. The molecule has 0 saturated heterocycles. The lowest BCUT2D eigenvalue weighted by Crippen LogP contribution is -2.06. The molecular formula is C13H12BrN3O. The molecule has 0 atom stereocenters. The molecule has 18 heavy (non-hydrogen) atoms. The smallest absolute Gasteiger partial charge is 0.221 e. The molecule has 0 unspecified atom stereocenters. The Balaban J connectivity index is 2.08. The van der Waals surface area contributed by atoms with Gasteiger partial charge in [-0.3, -0.25) is 4.79 Å². The standard InChI is InChI=1S/C13H12BrN3O/c1-9(18)16-12-5-6-13(15-8-12)17-11-4-2-3-10(14)7-11/h2-8H,1H3,(H,15,17)(H,16,18). The molecule has 0 aliphatic rings. The van der Waals surface area contributed by atoms with Gasteiger partial charge in [0.2, 0.25) is 5.91 Å². The molecule has 0 fully saturated rings. The summed E-state index contributed by atoms with van der Waals surface area (Å²) in [6.45, 7) is 1.47. The van der Waals surface area contributed by atoms with E-state index in [9.17, 15) is 4.79 Å². The highest BCUT2D eigenvalue weighted by atomic mass is 79.9. The van der Waals surface area contributed by atoms with Crippen molar-refractivity contribution in [2.24, 2.45) is 0 Å². The molecule has 2 N–H and O–H groups in total. The molecule has 5 heteroatoms. The molecule has 92 valence electrons. The number of rotatable bonds is 3. The van der Waals surface area contributed by atoms with Crippen molar-refractivity contribution >= 4 is 39.0 Å². The van der Waals surface area contributed by atoms with Gasteiger partial charge in [-0.2, -0.15) is 0 Å². The molecule has 2 aromatic rings. The predicted octanol–water partition coefficient (Wildman–Crippen LogP) is 3.55. The van der Waals surface area contributed by atoms with Crippen molar-refractivity contribution in [3.05, 3.63) is 47.1 Å². The van der Waals surface area contributed by atoms with Crippen molar-refractivity contribution in [1.82, 2.24) is 4.98 Å². The van der Waals surface area contributed by atoms with Gasteiger partial charge in [-0.15, -0.1) is 0 Å². The zero-order valence-electron chi connectivity index (χ0n) is 9.77. The van der Waals surface area contributed by atoms with Crippen LogP contribution in [0.4, 0.5) is 17.2 Å². The average molecular weight is 306 g/mol. The number of benzene rings is 1. The molecule has 0 radical (unpaired) electrons. The van der Waals surface area contributed by atoms with Crippen LogP contribution in [-0.4, -0.2) is 10.9 Å². The Labute approximate surface area is 114 Å². The number of hydrogen-bond donors (Lipinski definition) is 2. The molecule has 0 aliphatic carbocycles. The number of anilines is 3. The van der Waals surface area contributed by atoms with Gasteiger partial charge in [-0.1, -0.05) is 22.0 Å². The van der Waals surface area contributed by atoms with Gasteiger partial charge in [0.15, 0.2) is 0 Å². The minimum Gasteiger partial charge on any atom is -0.340 e.